The molecule has 0 aliphatic carbocycles. The van der Waals surface area contributed by atoms with Gasteiger partial charge in [-0.25, -0.2) is 4.79 Å². The highest BCUT2D eigenvalue weighted by atomic mass is 16.5. The highest BCUT2D eigenvalue weighted by Gasteiger charge is 2.19. The van der Waals surface area contributed by atoms with E-state index in [2.05, 4.69) is 11.9 Å². The molecule has 1 aliphatic heterocycles. The van der Waals surface area contributed by atoms with Crippen LogP contribution in [0.4, 0.5) is 5.69 Å². The molecule has 1 saturated heterocycles. The number of likely N-dealkylation sites (tertiary alicyclic amines) is 1. The van der Waals surface area contributed by atoms with Crippen LogP contribution in [0.3, 0.4) is 0 Å². The van der Waals surface area contributed by atoms with Crippen LogP contribution in [0, 0.1) is 6.92 Å². The summed E-state index contributed by atoms with van der Waals surface area (Å²) < 4.78 is 5.37. The molecule has 0 bridgehead atoms. The zero-order chi connectivity index (χ0) is 14.5. The molecule has 1 heterocycles. The van der Waals surface area contributed by atoms with Crippen LogP contribution in [0.15, 0.2) is 18.2 Å². The summed E-state index contributed by atoms with van der Waals surface area (Å²) in [6.07, 6.45) is 4.63. The molecule has 0 aromatic heterocycles. The average molecular weight is 276 g/mol. The van der Waals surface area contributed by atoms with E-state index in [-0.39, 0.29) is 5.97 Å². The van der Waals surface area contributed by atoms with Crippen LogP contribution in [-0.4, -0.2) is 37.1 Å². The van der Waals surface area contributed by atoms with Gasteiger partial charge in [-0.05, 0) is 51.4 Å². The van der Waals surface area contributed by atoms with Gasteiger partial charge in [0.1, 0.15) is 0 Å². The van der Waals surface area contributed by atoms with Crippen LogP contribution < -0.4 is 5.73 Å². The van der Waals surface area contributed by atoms with Gasteiger partial charge < -0.3 is 15.4 Å². The summed E-state index contributed by atoms with van der Waals surface area (Å²) in [5, 5.41) is 0. The Hall–Kier alpha value is -1.55. The molecular weight excluding hydrogens is 252 g/mol. The highest BCUT2D eigenvalue weighted by Crippen LogP contribution is 2.19. The monoisotopic (exact) mass is 276 g/mol. The van der Waals surface area contributed by atoms with E-state index in [4.69, 9.17) is 10.5 Å². The van der Waals surface area contributed by atoms with Crippen molar-refractivity contribution in [2.45, 2.75) is 38.6 Å². The maximum atomic E-state index is 12.0. The molecule has 1 fully saturated rings. The summed E-state index contributed by atoms with van der Waals surface area (Å²) in [6, 6.07) is 5.98. The minimum absolute atomic E-state index is 0.315. The molecule has 1 atom stereocenters. The molecule has 4 heteroatoms. The van der Waals surface area contributed by atoms with Gasteiger partial charge in [-0.3, -0.25) is 0 Å². The molecule has 2 rings (SSSR count). The molecule has 0 spiro atoms. The lowest BCUT2D eigenvalue weighted by molar-refractivity contribution is 0.0451. The quantitative estimate of drug-likeness (QED) is 0.678. The van der Waals surface area contributed by atoms with Gasteiger partial charge in [-0.2, -0.15) is 0 Å². The van der Waals surface area contributed by atoms with Gasteiger partial charge in [0.25, 0.3) is 0 Å². The highest BCUT2D eigenvalue weighted by molar-refractivity contribution is 5.95. The number of ether oxygens (including phenoxy) is 1. The summed E-state index contributed by atoms with van der Waals surface area (Å²) in [6.45, 7) is 3.49. The van der Waals surface area contributed by atoms with E-state index in [0.29, 0.717) is 23.9 Å². The molecule has 0 radical (unpaired) electrons. The fourth-order valence-electron chi connectivity index (χ4n) is 2.73. The second-order valence-corrected chi connectivity index (χ2v) is 5.59. The third-order valence-electron chi connectivity index (χ3n) is 4.15. The Morgan fingerprint density at radius 1 is 1.45 bits per heavy atom. The number of nitrogens with two attached hydrogens (primary N) is 1. The first-order valence-corrected chi connectivity index (χ1v) is 7.32. The van der Waals surface area contributed by atoms with Crippen molar-refractivity contribution in [3.63, 3.8) is 0 Å². The largest absolute Gasteiger partial charge is 0.462 e. The SMILES string of the molecule is Cc1cccc(C(=O)OCCC2CCCCN2C)c1N. The predicted octanol–water partition coefficient (Wildman–Crippen LogP) is 2.61. The van der Waals surface area contributed by atoms with Crippen molar-refractivity contribution < 1.29 is 9.53 Å². The number of esters is 1. The number of rotatable bonds is 4. The second-order valence-electron chi connectivity index (χ2n) is 5.59. The van der Waals surface area contributed by atoms with Crippen LogP contribution in [0.2, 0.25) is 0 Å². The van der Waals surface area contributed by atoms with Crippen LogP contribution in [0.5, 0.6) is 0 Å². The Kier molecular flexibility index (Phi) is 5.01. The summed E-state index contributed by atoms with van der Waals surface area (Å²) in [5.41, 5.74) is 7.81. The number of piperidine rings is 1. The molecule has 0 saturated carbocycles. The number of nitrogens with zero attached hydrogens (tertiary/aromatic N) is 1. The number of anilines is 1. The van der Waals surface area contributed by atoms with Crippen LogP contribution in [0.25, 0.3) is 0 Å². The van der Waals surface area contributed by atoms with E-state index in [1.807, 2.05) is 19.1 Å². The first-order valence-electron chi connectivity index (χ1n) is 7.32. The lowest BCUT2D eigenvalue weighted by Gasteiger charge is -2.32. The Morgan fingerprint density at radius 2 is 2.25 bits per heavy atom. The van der Waals surface area contributed by atoms with E-state index >= 15 is 0 Å². The summed E-state index contributed by atoms with van der Waals surface area (Å²) in [5.74, 6) is -0.315. The van der Waals surface area contributed by atoms with Crippen molar-refractivity contribution >= 4 is 11.7 Å². The van der Waals surface area contributed by atoms with Crippen LogP contribution in [0.1, 0.15) is 41.6 Å². The molecule has 20 heavy (non-hydrogen) atoms. The molecule has 110 valence electrons. The fourth-order valence-corrected chi connectivity index (χ4v) is 2.73. The van der Waals surface area contributed by atoms with E-state index in [1.165, 1.54) is 19.3 Å². The van der Waals surface area contributed by atoms with Crippen LogP contribution >= 0.6 is 0 Å². The fraction of sp³-hybridized carbons (Fsp3) is 0.562. The van der Waals surface area contributed by atoms with E-state index < -0.39 is 0 Å². The molecule has 0 amide bonds. The number of nitrogen functional groups attached to an aromatic ring is 1. The summed E-state index contributed by atoms with van der Waals surface area (Å²) in [7, 11) is 2.14. The number of hydrogen-bond acceptors (Lipinski definition) is 4. The van der Waals surface area contributed by atoms with Crippen molar-refractivity contribution in [3.05, 3.63) is 29.3 Å². The Labute approximate surface area is 120 Å². The number of hydrogen-bond donors (Lipinski definition) is 1. The zero-order valence-corrected chi connectivity index (χ0v) is 12.4. The molecule has 1 aromatic rings. The Morgan fingerprint density at radius 3 is 3.00 bits per heavy atom. The Bertz CT molecular complexity index is 474. The van der Waals surface area contributed by atoms with Crippen molar-refractivity contribution in [1.82, 2.24) is 4.90 Å². The molecule has 1 aliphatic rings. The minimum Gasteiger partial charge on any atom is -0.462 e. The van der Waals surface area contributed by atoms with Gasteiger partial charge >= 0.3 is 5.97 Å². The number of aryl methyl sites for hydroxylation is 1. The molecule has 4 nitrogen and oxygen atoms in total. The molecule has 1 unspecified atom stereocenters. The number of para-hydroxylation sites is 1. The minimum atomic E-state index is -0.315. The van der Waals surface area contributed by atoms with Crippen LogP contribution in [-0.2, 0) is 4.74 Å². The lowest BCUT2D eigenvalue weighted by atomic mass is 10.0. The van der Waals surface area contributed by atoms with Gasteiger partial charge in [0.2, 0.25) is 0 Å². The first kappa shape index (κ1) is 14.9. The summed E-state index contributed by atoms with van der Waals surface area (Å²) in [4.78, 5) is 14.4. The van der Waals surface area contributed by atoms with Crippen molar-refractivity contribution in [2.24, 2.45) is 0 Å². The lowest BCUT2D eigenvalue weighted by Crippen LogP contribution is -2.37. The second kappa shape index (κ2) is 6.75. The zero-order valence-electron chi connectivity index (χ0n) is 12.4. The normalized spacial score (nSPS) is 19.8. The van der Waals surface area contributed by atoms with Gasteiger partial charge in [0.05, 0.1) is 12.2 Å². The van der Waals surface area contributed by atoms with E-state index in [0.717, 1.165) is 18.5 Å². The van der Waals surface area contributed by atoms with Crippen molar-refractivity contribution in [1.29, 1.82) is 0 Å². The maximum absolute atomic E-state index is 12.0. The molecule has 1 aromatic carbocycles. The number of carbonyl (C=O) groups is 1. The maximum Gasteiger partial charge on any atom is 0.340 e. The third-order valence-corrected chi connectivity index (χ3v) is 4.15. The van der Waals surface area contributed by atoms with Gasteiger partial charge in [0.15, 0.2) is 0 Å². The summed E-state index contributed by atoms with van der Waals surface area (Å²) >= 11 is 0. The molecule has 2 N–H and O–H groups in total. The Balaban J connectivity index is 1.84. The van der Waals surface area contributed by atoms with Crippen molar-refractivity contribution in [3.8, 4) is 0 Å². The van der Waals surface area contributed by atoms with Gasteiger partial charge in [-0.15, -0.1) is 0 Å². The molecular formula is C16H24N2O2. The predicted molar refractivity (Wildman–Crippen MR) is 80.8 cm³/mol. The van der Waals surface area contributed by atoms with Crippen molar-refractivity contribution in [2.75, 3.05) is 25.9 Å². The average Bonchev–Trinajstić information content (AvgIpc) is 2.44. The van der Waals surface area contributed by atoms with E-state index in [1.54, 1.807) is 6.07 Å². The van der Waals surface area contributed by atoms with Gasteiger partial charge in [-0.1, -0.05) is 18.6 Å². The smallest absolute Gasteiger partial charge is 0.340 e. The number of carbonyl (C=O) groups excluding carboxylic acids is 1. The van der Waals surface area contributed by atoms with E-state index in [9.17, 15) is 4.79 Å². The first-order chi connectivity index (χ1) is 9.59. The topological polar surface area (TPSA) is 55.6 Å². The number of benzene rings is 1. The third kappa shape index (κ3) is 3.51. The standard InChI is InChI=1S/C16H24N2O2/c1-12-6-5-8-14(15(12)17)16(19)20-11-9-13-7-3-4-10-18(13)2/h5-6,8,13H,3-4,7,9-11,17H2,1-2H3. The van der Waals surface area contributed by atoms with Gasteiger partial charge in [0, 0.05) is 11.7 Å².